The lowest BCUT2D eigenvalue weighted by Gasteiger charge is -2.45. The van der Waals surface area contributed by atoms with Crippen LogP contribution in [0.5, 0.6) is 0 Å². The molecule has 1 heterocycles. The van der Waals surface area contributed by atoms with E-state index >= 15 is 0 Å². The molecule has 1 saturated heterocycles. The Hall–Kier alpha value is -0.120. The van der Waals surface area contributed by atoms with Crippen molar-refractivity contribution in [1.29, 1.82) is 0 Å². The third-order valence-electron chi connectivity index (χ3n) is 4.20. The van der Waals surface area contributed by atoms with Gasteiger partial charge in [-0.1, -0.05) is 0 Å². The lowest BCUT2D eigenvalue weighted by Crippen LogP contribution is -2.54. The van der Waals surface area contributed by atoms with Gasteiger partial charge in [-0.05, 0) is 33.1 Å². The van der Waals surface area contributed by atoms with Crippen LogP contribution in [0.3, 0.4) is 0 Å². The van der Waals surface area contributed by atoms with Gasteiger partial charge >= 0.3 is 0 Å². The number of fused-ring (bicyclic) bond motifs is 1. The molecule has 1 aliphatic heterocycles. The molecule has 3 heteroatoms. The Morgan fingerprint density at radius 2 is 2.00 bits per heavy atom. The van der Waals surface area contributed by atoms with Crippen molar-refractivity contribution in [3.8, 4) is 0 Å². The lowest BCUT2D eigenvalue weighted by molar-refractivity contribution is -0.266. The average Bonchev–Trinajstić information content (AvgIpc) is 2.56. The van der Waals surface area contributed by atoms with Crippen LogP contribution in [-0.4, -0.2) is 30.2 Å². The molecular weight excluding hydrogens is 180 g/mol. The molecule has 0 amide bonds. The molecule has 0 aromatic heterocycles. The van der Waals surface area contributed by atoms with Gasteiger partial charge in [0.1, 0.15) is 0 Å². The van der Waals surface area contributed by atoms with Gasteiger partial charge in [0.15, 0.2) is 5.79 Å². The van der Waals surface area contributed by atoms with Crippen LogP contribution in [0.1, 0.15) is 39.5 Å². The van der Waals surface area contributed by atoms with Gasteiger partial charge in [0, 0.05) is 13.5 Å². The van der Waals surface area contributed by atoms with Gasteiger partial charge < -0.3 is 14.6 Å². The molecule has 1 aliphatic carbocycles. The molecule has 1 saturated carbocycles. The molecule has 0 spiro atoms. The van der Waals surface area contributed by atoms with E-state index < -0.39 is 11.4 Å². The number of hydrogen-bond donors (Lipinski definition) is 1. The van der Waals surface area contributed by atoms with E-state index in [0.717, 1.165) is 25.7 Å². The minimum Gasteiger partial charge on any atom is -0.390 e. The van der Waals surface area contributed by atoms with E-state index in [1.165, 1.54) is 0 Å². The molecule has 0 aromatic carbocycles. The second kappa shape index (κ2) is 2.94. The van der Waals surface area contributed by atoms with Crippen molar-refractivity contribution in [2.75, 3.05) is 13.7 Å². The van der Waals surface area contributed by atoms with Crippen molar-refractivity contribution in [3.05, 3.63) is 0 Å². The van der Waals surface area contributed by atoms with Gasteiger partial charge in [-0.25, -0.2) is 0 Å². The number of rotatable bonds is 2. The molecule has 0 bridgehead atoms. The van der Waals surface area contributed by atoms with Crippen molar-refractivity contribution in [2.45, 2.75) is 50.9 Å². The van der Waals surface area contributed by atoms with Crippen molar-refractivity contribution in [2.24, 2.45) is 5.41 Å². The number of methoxy groups -OCH3 is 1. The molecule has 3 nitrogen and oxygen atoms in total. The van der Waals surface area contributed by atoms with Crippen LogP contribution >= 0.6 is 0 Å². The Morgan fingerprint density at radius 1 is 1.29 bits per heavy atom. The SMILES string of the molecule is CO[C@@]12CCC[C@]1(C(C)(C)O)CCO2. The third-order valence-corrected chi connectivity index (χ3v) is 4.20. The molecule has 82 valence electrons. The summed E-state index contributed by atoms with van der Waals surface area (Å²) < 4.78 is 11.3. The minimum atomic E-state index is -0.726. The van der Waals surface area contributed by atoms with E-state index in [0.29, 0.717) is 6.61 Å². The van der Waals surface area contributed by atoms with Crippen LogP contribution in [-0.2, 0) is 9.47 Å². The highest BCUT2D eigenvalue weighted by atomic mass is 16.7. The number of hydrogen-bond acceptors (Lipinski definition) is 3. The molecule has 1 N–H and O–H groups in total. The van der Waals surface area contributed by atoms with Crippen molar-refractivity contribution < 1.29 is 14.6 Å². The second-order valence-corrected chi connectivity index (χ2v) is 5.05. The van der Waals surface area contributed by atoms with Gasteiger partial charge in [-0.3, -0.25) is 0 Å². The van der Waals surface area contributed by atoms with Crippen LogP contribution in [0.2, 0.25) is 0 Å². The standard InChI is InChI=1S/C11H20O3/c1-9(2,12)10-5-4-6-11(10,13-3)14-8-7-10/h12H,4-8H2,1-3H3/t10-,11-/m1/s1. The highest BCUT2D eigenvalue weighted by molar-refractivity contribution is 5.10. The first-order valence-electron chi connectivity index (χ1n) is 5.39. The summed E-state index contributed by atoms with van der Waals surface area (Å²) in [4.78, 5) is 0. The Kier molecular flexibility index (Phi) is 2.18. The van der Waals surface area contributed by atoms with Crippen molar-refractivity contribution >= 4 is 0 Å². The van der Waals surface area contributed by atoms with Crippen molar-refractivity contribution in [1.82, 2.24) is 0 Å². The topological polar surface area (TPSA) is 38.7 Å². The first kappa shape index (κ1) is 10.4. The summed E-state index contributed by atoms with van der Waals surface area (Å²) in [6, 6.07) is 0. The predicted molar refractivity (Wildman–Crippen MR) is 52.9 cm³/mol. The van der Waals surface area contributed by atoms with Crippen LogP contribution in [0, 0.1) is 5.41 Å². The lowest BCUT2D eigenvalue weighted by atomic mass is 9.68. The fourth-order valence-corrected chi connectivity index (χ4v) is 3.40. The number of ether oxygens (including phenoxy) is 2. The zero-order valence-electron chi connectivity index (χ0n) is 9.30. The van der Waals surface area contributed by atoms with E-state index in [2.05, 4.69) is 0 Å². The largest absolute Gasteiger partial charge is 0.390 e. The third kappa shape index (κ3) is 1.03. The Balaban J connectivity index is 2.41. The summed E-state index contributed by atoms with van der Waals surface area (Å²) in [7, 11) is 1.69. The second-order valence-electron chi connectivity index (χ2n) is 5.05. The summed E-state index contributed by atoms with van der Waals surface area (Å²) in [6.07, 6.45) is 3.90. The number of aliphatic hydroxyl groups is 1. The maximum atomic E-state index is 10.3. The zero-order valence-corrected chi connectivity index (χ0v) is 9.30. The van der Waals surface area contributed by atoms with Gasteiger partial charge in [0.2, 0.25) is 0 Å². The highest BCUT2D eigenvalue weighted by Crippen LogP contribution is 2.60. The summed E-state index contributed by atoms with van der Waals surface area (Å²) >= 11 is 0. The van der Waals surface area contributed by atoms with E-state index in [1.54, 1.807) is 7.11 Å². The fourth-order valence-electron chi connectivity index (χ4n) is 3.40. The van der Waals surface area contributed by atoms with Gasteiger partial charge in [-0.2, -0.15) is 0 Å². The van der Waals surface area contributed by atoms with E-state index in [4.69, 9.17) is 9.47 Å². The van der Waals surface area contributed by atoms with Crippen molar-refractivity contribution in [3.63, 3.8) is 0 Å². The van der Waals surface area contributed by atoms with E-state index in [1.807, 2.05) is 13.8 Å². The first-order valence-corrected chi connectivity index (χ1v) is 5.39. The maximum absolute atomic E-state index is 10.3. The summed E-state index contributed by atoms with van der Waals surface area (Å²) in [5.74, 6) is -0.523. The fraction of sp³-hybridized carbons (Fsp3) is 1.00. The molecule has 2 rings (SSSR count). The molecule has 0 unspecified atom stereocenters. The normalized spacial score (nSPS) is 42.9. The van der Waals surface area contributed by atoms with E-state index in [9.17, 15) is 5.11 Å². The molecule has 14 heavy (non-hydrogen) atoms. The van der Waals surface area contributed by atoms with E-state index in [-0.39, 0.29) is 5.41 Å². The van der Waals surface area contributed by atoms with Gasteiger partial charge in [0.05, 0.1) is 17.6 Å². The van der Waals surface area contributed by atoms with Crippen LogP contribution < -0.4 is 0 Å². The smallest absolute Gasteiger partial charge is 0.176 e. The summed E-state index contributed by atoms with van der Waals surface area (Å²) in [5, 5.41) is 10.3. The quantitative estimate of drug-likeness (QED) is 0.737. The average molecular weight is 200 g/mol. The monoisotopic (exact) mass is 200 g/mol. The van der Waals surface area contributed by atoms with Gasteiger partial charge in [-0.15, -0.1) is 0 Å². The molecule has 2 fully saturated rings. The Labute approximate surface area is 85.4 Å². The Morgan fingerprint density at radius 3 is 2.50 bits per heavy atom. The van der Waals surface area contributed by atoms with Crippen LogP contribution in [0.15, 0.2) is 0 Å². The first-order chi connectivity index (χ1) is 6.47. The highest BCUT2D eigenvalue weighted by Gasteiger charge is 2.66. The Bertz CT molecular complexity index is 219. The minimum absolute atomic E-state index is 0.200. The molecule has 0 radical (unpaired) electrons. The van der Waals surface area contributed by atoms with Crippen LogP contribution in [0.25, 0.3) is 0 Å². The molecule has 0 aromatic rings. The summed E-state index contributed by atoms with van der Waals surface area (Å²) in [6.45, 7) is 4.46. The van der Waals surface area contributed by atoms with Gasteiger partial charge in [0.25, 0.3) is 0 Å². The molecule has 2 atom stereocenters. The molecule has 2 aliphatic rings. The molecular formula is C11H20O3. The van der Waals surface area contributed by atoms with Crippen LogP contribution in [0.4, 0.5) is 0 Å². The predicted octanol–water partition coefficient (Wildman–Crippen LogP) is 1.69. The summed E-state index contributed by atoms with van der Waals surface area (Å²) in [5.41, 5.74) is -0.926. The zero-order chi connectivity index (χ0) is 10.4. The maximum Gasteiger partial charge on any atom is 0.176 e.